The topological polar surface area (TPSA) is 72.0 Å². The summed E-state index contributed by atoms with van der Waals surface area (Å²) in [6.07, 6.45) is 5.89. The molecule has 0 aliphatic carbocycles. The maximum absolute atomic E-state index is 5.08. The molecule has 0 radical (unpaired) electrons. The van der Waals surface area contributed by atoms with Crippen molar-refractivity contribution in [1.29, 1.82) is 0 Å². The average molecular weight is 267 g/mol. The Hall–Kier alpha value is -1.59. The molecule has 0 amide bonds. The summed E-state index contributed by atoms with van der Waals surface area (Å²) in [5.41, 5.74) is 0. The highest BCUT2D eigenvalue weighted by atomic mass is 16.5. The Morgan fingerprint density at radius 3 is 2.11 bits per heavy atom. The minimum atomic E-state index is 0.338. The Morgan fingerprint density at radius 2 is 1.53 bits per heavy atom. The predicted molar refractivity (Wildman–Crippen MR) is 77.8 cm³/mol. The highest BCUT2D eigenvalue weighted by molar-refractivity contribution is 5.35. The van der Waals surface area contributed by atoms with E-state index in [2.05, 4.69) is 39.4 Å². The van der Waals surface area contributed by atoms with E-state index in [1.807, 2.05) is 0 Å². The molecule has 1 aromatic heterocycles. The number of anilines is 2. The zero-order chi connectivity index (χ0) is 13.9. The van der Waals surface area contributed by atoms with Crippen molar-refractivity contribution in [3.05, 3.63) is 0 Å². The zero-order valence-electron chi connectivity index (χ0n) is 12.2. The van der Waals surface area contributed by atoms with Crippen molar-refractivity contribution in [2.75, 3.05) is 30.8 Å². The molecule has 108 valence electrons. The molecule has 0 fully saturated rings. The second kappa shape index (κ2) is 9.35. The molecule has 1 heterocycles. The molecule has 0 atom stereocenters. The van der Waals surface area contributed by atoms with E-state index in [4.69, 9.17) is 4.74 Å². The maximum atomic E-state index is 5.08. The van der Waals surface area contributed by atoms with Gasteiger partial charge in [-0.25, -0.2) is 0 Å². The molecule has 6 heteroatoms. The third-order valence-electron chi connectivity index (χ3n) is 2.64. The second-order valence-corrected chi connectivity index (χ2v) is 4.38. The lowest BCUT2D eigenvalue weighted by Gasteiger charge is -2.08. The molecule has 0 aromatic carbocycles. The Kier molecular flexibility index (Phi) is 7.62. The highest BCUT2D eigenvalue weighted by Gasteiger charge is 2.05. The van der Waals surface area contributed by atoms with Gasteiger partial charge in [-0.1, -0.05) is 33.1 Å². The van der Waals surface area contributed by atoms with Crippen LogP contribution in [0.1, 0.15) is 46.0 Å². The lowest BCUT2D eigenvalue weighted by Crippen LogP contribution is -2.11. The summed E-state index contributed by atoms with van der Waals surface area (Å²) in [5.74, 6) is 1.13. The van der Waals surface area contributed by atoms with Gasteiger partial charge in [0.25, 0.3) is 0 Å². The summed E-state index contributed by atoms with van der Waals surface area (Å²) in [6, 6.07) is 0.338. The summed E-state index contributed by atoms with van der Waals surface area (Å²) in [5, 5.41) is 6.35. The number of hydrogen-bond acceptors (Lipinski definition) is 6. The van der Waals surface area contributed by atoms with Crippen LogP contribution in [0.15, 0.2) is 0 Å². The van der Waals surface area contributed by atoms with Crippen LogP contribution < -0.4 is 15.4 Å². The Labute approximate surface area is 115 Å². The normalized spacial score (nSPS) is 10.3. The van der Waals surface area contributed by atoms with E-state index in [1.165, 1.54) is 19.3 Å². The van der Waals surface area contributed by atoms with E-state index in [1.54, 1.807) is 7.11 Å². The van der Waals surface area contributed by atoms with Gasteiger partial charge in [0.2, 0.25) is 11.9 Å². The summed E-state index contributed by atoms with van der Waals surface area (Å²) in [6.45, 7) is 6.01. The van der Waals surface area contributed by atoms with Gasteiger partial charge < -0.3 is 15.4 Å². The van der Waals surface area contributed by atoms with E-state index < -0.39 is 0 Å². The molecule has 19 heavy (non-hydrogen) atoms. The number of hydrogen-bond donors (Lipinski definition) is 2. The minimum absolute atomic E-state index is 0.338. The Morgan fingerprint density at radius 1 is 0.842 bits per heavy atom. The molecule has 0 unspecified atom stereocenters. The standard InChI is InChI=1S/C13H25N5O/c1-4-6-7-8-10-15-12-16-11(14-9-5-2)17-13(18-12)19-3/h4-10H2,1-3H3,(H2,14,15,16,17,18). The smallest absolute Gasteiger partial charge is 0.322 e. The molecule has 1 aromatic rings. The van der Waals surface area contributed by atoms with Gasteiger partial charge in [-0.3, -0.25) is 0 Å². The van der Waals surface area contributed by atoms with Crippen molar-refractivity contribution in [3.8, 4) is 6.01 Å². The number of aromatic nitrogens is 3. The Bertz CT molecular complexity index is 359. The fraction of sp³-hybridized carbons (Fsp3) is 0.769. The van der Waals surface area contributed by atoms with Crippen LogP contribution in [0.25, 0.3) is 0 Å². The third kappa shape index (κ3) is 6.22. The molecule has 0 spiro atoms. The second-order valence-electron chi connectivity index (χ2n) is 4.38. The molecule has 0 aliphatic heterocycles. The summed E-state index contributed by atoms with van der Waals surface area (Å²) in [7, 11) is 1.56. The van der Waals surface area contributed by atoms with Gasteiger partial charge in [-0.05, 0) is 12.8 Å². The van der Waals surface area contributed by atoms with E-state index in [9.17, 15) is 0 Å². The van der Waals surface area contributed by atoms with Crippen molar-refractivity contribution in [2.45, 2.75) is 46.0 Å². The van der Waals surface area contributed by atoms with Crippen LogP contribution >= 0.6 is 0 Å². The van der Waals surface area contributed by atoms with Crippen LogP contribution in [0.3, 0.4) is 0 Å². The van der Waals surface area contributed by atoms with Crippen molar-refractivity contribution in [3.63, 3.8) is 0 Å². The summed E-state index contributed by atoms with van der Waals surface area (Å²) >= 11 is 0. The largest absolute Gasteiger partial charge is 0.467 e. The highest BCUT2D eigenvalue weighted by Crippen LogP contribution is 2.11. The first-order valence-corrected chi connectivity index (χ1v) is 7.08. The molecular formula is C13H25N5O. The summed E-state index contributed by atoms with van der Waals surface area (Å²) < 4.78 is 5.08. The lowest BCUT2D eigenvalue weighted by molar-refractivity contribution is 0.379. The van der Waals surface area contributed by atoms with Crippen LogP contribution in [-0.2, 0) is 0 Å². The van der Waals surface area contributed by atoms with E-state index in [-0.39, 0.29) is 0 Å². The monoisotopic (exact) mass is 267 g/mol. The van der Waals surface area contributed by atoms with Gasteiger partial charge in [0.15, 0.2) is 0 Å². The van der Waals surface area contributed by atoms with E-state index >= 15 is 0 Å². The number of ether oxygens (including phenoxy) is 1. The van der Waals surface area contributed by atoms with Gasteiger partial charge in [0, 0.05) is 13.1 Å². The van der Waals surface area contributed by atoms with Gasteiger partial charge >= 0.3 is 6.01 Å². The minimum Gasteiger partial charge on any atom is -0.467 e. The van der Waals surface area contributed by atoms with E-state index in [0.29, 0.717) is 17.9 Å². The SMILES string of the molecule is CCCCCCNc1nc(NCCC)nc(OC)n1. The predicted octanol–water partition coefficient (Wildman–Crippen LogP) is 2.69. The number of rotatable bonds is 10. The Balaban J connectivity index is 2.50. The molecule has 0 aliphatic rings. The van der Waals surface area contributed by atoms with Crippen molar-refractivity contribution in [1.82, 2.24) is 15.0 Å². The lowest BCUT2D eigenvalue weighted by atomic mass is 10.2. The van der Waals surface area contributed by atoms with Gasteiger partial charge in [0.1, 0.15) is 0 Å². The van der Waals surface area contributed by atoms with E-state index in [0.717, 1.165) is 25.9 Å². The average Bonchev–Trinajstić information content (AvgIpc) is 2.44. The van der Waals surface area contributed by atoms with Crippen molar-refractivity contribution >= 4 is 11.9 Å². The maximum Gasteiger partial charge on any atom is 0.322 e. The van der Waals surface area contributed by atoms with Crippen LogP contribution in [0.4, 0.5) is 11.9 Å². The molecule has 6 nitrogen and oxygen atoms in total. The molecular weight excluding hydrogens is 242 g/mol. The fourth-order valence-electron chi connectivity index (χ4n) is 1.59. The van der Waals surface area contributed by atoms with Crippen LogP contribution in [-0.4, -0.2) is 35.2 Å². The number of nitrogens with zero attached hydrogens (tertiary/aromatic N) is 3. The number of nitrogens with one attached hydrogen (secondary N) is 2. The number of unbranched alkanes of at least 4 members (excludes halogenated alkanes) is 3. The van der Waals surface area contributed by atoms with Crippen LogP contribution in [0.2, 0.25) is 0 Å². The summed E-state index contributed by atoms with van der Waals surface area (Å²) in [4.78, 5) is 12.6. The van der Waals surface area contributed by atoms with Crippen LogP contribution in [0.5, 0.6) is 6.01 Å². The number of methoxy groups -OCH3 is 1. The van der Waals surface area contributed by atoms with Crippen LogP contribution in [0, 0.1) is 0 Å². The molecule has 0 saturated heterocycles. The third-order valence-corrected chi connectivity index (χ3v) is 2.64. The molecule has 2 N–H and O–H groups in total. The molecule has 0 bridgehead atoms. The first-order chi connectivity index (χ1) is 9.30. The quantitative estimate of drug-likeness (QED) is 0.635. The first kappa shape index (κ1) is 15.5. The van der Waals surface area contributed by atoms with Crippen molar-refractivity contribution in [2.24, 2.45) is 0 Å². The van der Waals surface area contributed by atoms with Gasteiger partial charge in [-0.2, -0.15) is 15.0 Å². The molecule has 0 saturated carbocycles. The zero-order valence-corrected chi connectivity index (χ0v) is 12.2. The molecule has 1 rings (SSSR count). The van der Waals surface area contributed by atoms with Gasteiger partial charge in [0.05, 0.1) is 7.11 Å². The first-order valence-electron chi connectivity index (χ1n) is 7.08. The van der Waals surface area contributed by atoms with Crippen molar-refractivity contribution < 1.29 is 4.74 Å². The van der Waals surface area contributed by atoms with Gasteiger partial charge in [-0.15, -0.1) is 0 Å². The fourth-order valence-corrected chi connectivity index (χ4v) is 1.59.